The van der Waals surface area contributed by atoms with Gasteiger partial charge in [0.1, 0.15) is 0 Å². The quantitative estimate of drug-likeness (QED) is 0.542. The highest BCUT2D eigenvalue weighted by atomic mass is 15.1. The largest absolute Gasteiger partial charge is 0.295 e. The molecule has 0 saturated heterocycles. The van der Waals surface area contributed by atoms with Crippen LogP contribution in [0.2, 0.25) is 0 Å². The van der Waals surface area contributed by atoms with Crippen molar-refractivity contribution in [2.45, 2.75) is 26.3 Å². The lowest BCUT2D eigenvalue weighted by molar-refractivity contribution is 0.306. The van der Waals surface area contributed by atoms with Gasteiger partial charge >= 0.3 is 0 Å². The predicted molar refractivity (Wildman–Crippen MR) is 88.3 cm³/mol. The van der Waals surface area contributed by atoms with Gasteiger partial charge in [0.05, 0.1) is 6.04 Å². The van der Waals surface area contributed by atoms with E-state index in [1.165, 1.54) is 5.57 Å². The van der Waals surface area contributed by atoms with Gasteiger partial charge in [-0.15, -0.1) is 0 Å². The number of hydrogen-bond donors (Lipinski definition) is 0. The molecule has 0 rings (SSSR count). The third-order valence-electron chi connectivity index (χ3n) is 2.86. The second kappa shape index (κ2) is 10.3. The maximum atomic E-state index is 3.93. The van der Waals surface area contributed by atoms with Gasteiger partial charge in [-0.3, -0.25) is 4.90 Å². The van der Waals surface area contributed by atoms with E-state index in [9.17, 15) is 0 Å². The van der Waals surface area contributed by atoms with Crippen LogP contribution < -0.4 is 0 Å². The van der Waals surface area contributed by atoms with E-state index in [-0.39, 0.29) is 6.04 Å². The van der Waals surface area contributed by atoms with E-state index < -0.39 is 0 Å². The monoisotopic (exact) mass is 257 g/mol. The van der Waals surface area contributed by atoms with E-state index in [0.717, 1.165) is 18.5 Å². The smallest absolute Gasteiger partial charge is 0.0598 e. The van der Waals surface area contributed by atoms with Crippen LogP contribution in [0.25, 0.3) is 0 Å². The lowest BCUT2D eigenvalue weighted by Crippen LogP contribution is -2.34. The molecule has 0 bridgehead atoms. The molecule has 0 saturated carbocycles. The summed E-state index contributed by atoms with van der Waals surface area (Å²) in [5.74, 6) is 0. The van der Waals surface area contributed by atoms with Crippen LogP contribution >= 0.6 is 0 Å². The van der Waals surface area contributed by atoms with Crippen LogP contribution in [-0.2, 0) is 0 Å². The summed E-state index contributed by atoms with van der Waals surface area (Å²) in [7, 11) is 2.13. The van der Waals surface area contributed by atoms with Crippen molar-refractivity contribution in [1.82, 2.24) is 4.90 Å². The minimum absolute atomic E-state index is 0.185. The highest BCUT2D eigenvalue weighted by Crippen LogP contribution is 2.21. The molecule has 0 N–H and O–H groups in total. The van der Waals surface area contributed by atoms with Gasteiger partial charge in [0.15, 0.2) is 0 Å². The summed E-state index contributed by atoms with van der Waals surface area (Å²) in [4.78, 5) is 2.33. The van der Waals surface area contributed by atoms with E-state index in [1.807, 2.05) is 31.2 Å². The van der Waals surface area contributed by atoms with Gasteiger partial charge < -0.3 is 0 Å². The standard InChI is InChI=1S/C18H27N/c1-7-12-16(11-5)18(19(6)15-10-4)17(13-8-2)14-9-3/h7-9,11-14,18H,1-2,5,10,15H2,3-4,6H3/b14-9-,16-12+,17-13+. The third-order valence-corrected chi connectivity index (χ3v) is 2.86. The Hall–Kier alpha value is -1.60. The normalized spacial score (nSPS) is 14.7. The average molecular weight is 257 g/mol. The molecule has 0 aliphatic rings. The van der Waals surface area contributed by atoms with E-state index in [0.29, 0.717) is 0 Å². The van der Waals surface area contributed by atoms with Crippen molar-refractivity contribution < 1.29 is 0 Å². The van der Waals surface area contributed by atoms with Crippen molar-refractivity contribution in [3.05, 3.63) is 73.4 Å². The Morgan fingerprint density at radius 1 is 1.11 bits per heavy atom. The summed E-state index contributed by atoms with van der Waals surface area (Å²) in [5.41, 5.74) is 2.36. The van der Waals surface area contributed by atoms with Crippen molar-refractivity contribution in [1.29, 1.82) is 0 Å². The first-order valence-corrected chi connectivity index (χ1v) is 6.76. The van der Waals surface area contributed by atoms with Crippen molar-refractivity contribution in [3.8, 4) is 0 Å². The summed E-state index contributed by atoms with van der Waals surface area (Å²) < 4.78 is 0. The zero-order chi connectivity index (χ0) is 14.7. The lowest BCUT2D eigenvalue weighted by Gasteiger charge is -2.30. The van der Waals surface area contributed by atoms with Crippen LogP contribution in [-0.4, -0.2) is 24.5 Å². The van der Waals surface area contributed by atoms with Crippen LogP contribution in [0.4, 0.5) is 0 Å². The van der Waals surface area contributed by atoms with E-state index in [2.05, 4.69) is 56.8 Å². The van der Waals surface area contributed by atoms with Crippen molar-refractivity contribution in [2.24, 2.45) is 0 Å². The second-order valence-electron chi connectivity index (χ2n) is 4.39. The molecule has 0 aliphatic carbocycles. The van der Waals surface area contributed by atoms with Gasteiger partial charge in [0.2, 0.25) is 0 Å². The topological polar surface area (TPSA) is 3.24 Å². The highest BCUT2D eigenvalue weighted by Gasteiger charge is 2.19. The van der Waals surface area contributed by atoms with Gasteiger partial charge in [0, 0.05) is 0 Å². The van der Waals surface area contributed by atoms with Gasteiger partial charge in [-0.1, -0.05) is 69.2 Å². The van der Waals surface area contributed by atoms with Crippen LogP contribution in [0.5, 0.6) is 0 Å². The molecule has 0 amide bonds. The molecular weight excluding hydrogens is 230 g/mol. The molecule has 1 unspecified atom stereocenters. The number of hydrogen-bond acceptors (Lipinski definition) is 1. The summed E-state index contributed by atoms with van der Waals surface area (Å²) in [6.45, 7) is 16.8. The first kappa shape index (κ1) is 17.4. The Labute approximate surface area is 119 Å². The molecule has 1 nitrogen and oxygen atoms in total. The van der Waals surface area contributed by atoms with Crippen LogP contribution in [0.3, 0.4) is 0 Å². The molecular formula is C18H27N. The summed E-state index contributed by atoms with van der Waals surface area (Å²) in [6, 6.07) is 0.185. The minimum atomic E-state index is 0.185. The summed E-state index contributed by atoms with van der Waals surface area (Å²) >= 11 is 0. The molecule has 0 heterocycles. The van der Waals surface area contributed by atoms with Crippen molar-refractivity contribution in [2.75, 3.05) is 13.6 Å². The van der Waals surface area contributed by atoms with E-state index >= 15 is 0 Å². The second-order valence-corrected chi connectivity index (χ2v) is 4.39. The number of likely N-dealkylation sites (N-methyl/N-ethyl adjacent to an activating group) is 1. The third kappa shape index (κ3) is 5.71. The number of allylic oxidation sites excluding steroid dienone is 5. The summed E-state index contributed by atoms with van der Waals surface area (Å²) in [6.07, 6.45) is 14.9. The molecule has 1 atom stereocenters. The summed E-state index contributed by atoms with van der Waals surface area (Å²) in [5, 5.41) is 0. The Morgan fingerprint density at radius 2 is 1.68 bits per heavy atom. The maximum Gasteiger partial charge on any atom is 0.0598 e. The molecule has 0 aromatic heterocycles. The van der Waals surface area contributed by atoms with Gasteiger partial charge in [-0.2, -0.15) is 0 Å². The van der Waals surface area contributed by atoms with Gasteiger partial charge in [-0.25, -0.2) is 0 Å². The number of rotatable bonds is 9. The zero-order valence-corrected chi connectivity index (χ0v) is 12.6. The fourth-order valence-corrected chi connectivity index (χ4v) is 2.16. The molecule has 104 valence electrons. The molecule has 19 heavy (non-hydrogen) atoms. The molecule has 1 heteroatoms. The van der Waals surface area contributed by atoms with Gasteiger partial charge in [-0.05, 0) is 38.1 Å². The molecule has 0 aromatic rings. The van der Waals surface area contributed by atoms with E-state index in [4.69, 9.17) is 0 Å². The maximum absolute atomic E-state index is 3.93. The Morgan fingerprint density at radius 3 is 2.11 bits per heavy atom. The fourth-order valence-electron chi connectivity index (χ4n) is 2.16. The first-order chi connectivity index (χ1) is 9.15. The van der Waals surface area contributed by atoms with Crippen LogP contribution in [0.1, 0.15) is 20.3 Å². The molecule has 0 spiro atoms. The zero-order valence-electron chi connectivity index (χ0n) is 12.6. The number of nitrogens with zero attached hydrogens (tertiary/aromatic N) is 1. The predicted octanol–water partition coefficient (Wildman–Crippen LogP) is 4.68. The average Bonchev–Trinajstić information content (AvgIpc) is 2.39. The minimum Gasteiger partial charge on any atom is -0.295 e. The molecule has 0 radical (unpaired) electrons. The Balaban J connectivity index is 5.64. The first-order valence-electron chi connectivity index (χ1n) is 6.76. The van der Waals surface area contributed by atoms with E-state index in [1.54, 1.807) is 0 Å². The Kier molecular flexibility index (Phi) is 9.46. The lowest BCUT2D eigenvalue weighted by atomic mass is 9.95. The molecule has 0 fully saturated rings. The van der Waals surface area contributed by atoms with Crippen molar-refractivity contribution in [3.63, 3.8) is 0 Å². The Bertz CT molecular complexity index is 382. The van der Waals surface area contributed by atoms with Crippen LogP contribution in [0, 0.1) is 0 Å². The SMILES string of the molecule is C=C/C=C(\C=C)C(C(/C=C\C)=C/C=C)N(C)CCC. The fraction of sp³-hybridized carbons (Fsp3) is 0.333. The van der Waals surface area contributed by atoms with Gasteiger partial charge in [0.25, 0.3) is 0 Å². The molecule has 0 aliphatic heterocycles. The highest BCUT2D eigenvalue weighted by molar-refractivity contribution is 5.41. The van der Waals surface area contributed by atoms with Crippen molar-refractivity contribution >= 4 is 0 Å². The van der Waals surface area contributed by atoms with Crippen LogP contribution in [0.15, 0.2) is 73.4 Å². The molecule has 0 aromatic carbocycles.